The van der Waals surface area contributed by atoms with Crippen LogP contribution < -0.4 is 0 Å². The smallest absolute Gasteiger partial charge is 0.336 e. The second-order valence-electron chi connectivity index (χ2n) is 2.70. The van der Waals surface area contributed by atoms with Crippen LogP contribution in [0.5, 0.6) is 0 Å². The Kier molecular flexibility index (Phi) is 4.83. The van der Waals surface area contributed by atoms with Gasteiger partial charge in [0.05, 0.1) is 10.6 Å². The van der Waals surface area contributed by atoms with Gasteiger partial charge in [0.2, 0.25) is 0 Å². The fourth-order valence-corrected chi connectivity index (χ4v) is 3.40. The minimum atomic E-state index is -0.908. The topological polar surface area (TPSA) is 37.3 Å². The Balaban J connectivity index is 3.33. The molecule has 15 heavy (non-hydrogen) atoms. The van der Waals surface area contributed by atoms with Crippen molar-refractivity contribution in [2.75, 3.05) is 12.0 Å². The summed E-state index contributed by atoms with van der Waals surface area (Å²) >= 11 is 9.02. The number of hydrogen-bond acceptors (Lipinski definition) is 3. The third-order valence-corrected chi connectivity index (χ3v) is 4.18. The fraction of sp³-hybridized carbons (Fsp3) is 0.300. The zero-order valence-corrected chi connectivity index (χ0v) is 10.8. The predicted molar refractivity (Wildman–Crippen MR) is 66.6 cm³/mol. The molecule has 1 N–H and O–H groups in total. The van der Waals surface area contributed by atoms with Gasteiger partial charge in [-0.2, -0.15) is 0 Å². The Morgan fingerprint density at radius 3 is 2.60 bits per heavy atom. The van der Waals surface area contributed by atoms with Crippen molar-refractivity contribution < 1.29 is 9.90 Å². The number of carbonyl (C=O) groups is 1. The van der Waals surface area contributed by atoms with Gasteiger partial charge in [0, 0.05) is 9.79 Å². The van der Waals surface area contributed by atoms with Crippen molar-refractivity contribution in [3.63, 3.8) is 0 Å². The summed E-state index contributed by atoms with van der Waals surface area (Å²) in [5, 5.41) is 9.64. The molecule has 0 spiro atoms. The molecule has 1 aromatic carbocycles. The van der Waals surface area contributed by atoms with Crippen LogP contribution >= 0.6 is 35.1 Å². The summed E-state index contributed by atoms with van der Waals surface area (Å²) in [6, 6.07) is 3.19. The average molecular weight is 263 g/mol. The van der Waals surface area contributed by atoms with Gasteiger partial charge in [-0.15, -0.1) is 23.5 Å². The number of carboxylic acids is 1. The van der Waals surface area contributed by atoms with E-state index in [0.717, 1.165) is 15.5 Å². The third kappa shape index (κ3) is 2.83. The normalized spacial score (nSPS) is 10.3. The lowest BCUT2D eigenvalue weighted by Gasteiger charge is -2.10. The molecule has 0 aliphatic carbocycles. The maximum atomic E-state index is 11.0. The van der Waals surface area contributed by atoms with Gasteiger partial charge in [0.15, 0.2) is 0 Å². The van der Waals surface area contributed by atoms with E-state index in [1.165, 1.54) is 11.8 Å². The van der Waals surface area contributed by atoms with Crippen LogP contribution in [-0.2, 0) is 0 Å². The van der Waals surface area contributed by atoms with Gasteiger partial charge in [0.25, 0.3) is 0 Å². The van der Waals surface area contributed by atoms with Crippen LogP contribution in [0.4, 0.5) is 0 Å². The number of thioether (sulfide) groups is 2. The van der Waals surface area contributed by atoms with Crippen molar-refractivity contribution in [2.45, 2.75) is 16.7 Å². The Morgan fingerprint density at radius 1 is 1.47 bits per heavy atom. The average Bonchev–Trinajstić information content (AvgIpc) is 2.20. The van der Waals surface area contributed by atoms with Gasteiger partial charge in [0.1, 0.15) is 0 Å². The zero-order chi connectivity index (χ0) is 11.4. The minimum absolute atomic E-state index is 0.322. The molecule has 5 heteroatoms. The van der Waals surface area contributed by atoms with Gasteiger partial charge in [-0.05, 0) is 24.1 Å². The molecule has 2 nitrogen and oxygen atoms in total. The lowest BCUT2D eigenvalue weighted by Crippen LogP contribution is -2.00. The van der Waals surface area contributed by atoms with Gasteiger partial charge in [-0.1, -0.05) is 18.5 Å². The van der Waals surface area contributed by atoms with E-state index in [4.69, 9.17) is 16.7 Å². The van der Waals surface area contributed by atoms with Crippen molar-refractivity contribution in [1.29, 1.82) is 0 Å². The number of halogens is 1. The molecule has 0 aromatic heterocycles. The first-order valence-electron chi connectivity index (χ1n) is 4.34. The van der Waals surface area contributed by atoms with E-state index in [-0.39, 0.29) is 0 Å². The molecule has 0 saturated heterocycles. The van der Waals surface area contributed by atoms with E-state index in [1.54, 1.807) is 23.9 Å². The van der Waals surface area contributed by atoms with Crippen LogP contribution in [-0.4, -0.2) is 23.1 Å². The molecule has 0 fully saturated rings. The highest BCUT2D eigenvalue weighted by Gasteiger charge is 2.16. The van der Waals surface area contributed by atoms with Crippen LogP contribution in [0.25, 0.3) is 0 Å². The quantitative estimate of drug-likeness (QED) is 0.836. The highest BCUT2D eigenvalue weighted by molar-refractivity contribution is 8.02. The molecular weight excluding hydrogens is 252 g/mol. The summed E-state index contributed by atoms with van der Waals surface area (Å²) in [7, 11) is 0. The molecule has 0 amide bonds. The van der Waals surface area contributed by atoms with Crippen molar-refractivity contribution in [3.8, 4) is 0 Å². The van der Waals surface area contributed by atoms with E-state index < -0.39 is 5.97 Å². The summed E-state index contributed by atoms with van der Waals surface area (Å²) in [4.78, 5) is 12.6. The third-order valence-electron chi connectivity index (χ3n) is 1.79. The standard InChI is InChI=1S/C10H11ClO2S2/c1-3-15-9-7(11)5-4-6(10(12)13)8(9)14-2/h4-5H,3H2,1-2H3,(H,12,13). The summed E-state index contributed by atoms with van der Waals surface area (Å²) in [6.45, 7) is 2.01. The Labute approximate surface area is 102 Å². The van der Waals surface area contributed by atoms with E-state index in [1.807, 2.05) is 13.2 Å². The van der Waals surface area contributed by atoms with Crippen LogP contribution in [0.2, 0.25) is 5.02 Å². The number of rotatable bonds is 4. The van der Waals surface area contributed by atoms with E-state index in [0.29, 0.717) is 10.6 Å². The van der Waals surface area contributed by atoms with E-state index >= 15 is 0 Å². The molecular formula is C10H11ClO2S2. The largest absolute Gasteiger partial charge is 0.478 e. The first-order chi connectivity index (χ1) is 7.11. The summed E-state index contributed by atoms with van der Waals surface area (Å²) in [6.07, 6.45) is 1.86. The number of aromatic carboxylic acids is 1. The zero-order valence-electron chi connectivity index (χ0n) is 8.41. The summed E-state index contributed by atoms with van der Waals surface area (Å²) in [5.74, 6) is -0.0370. The highest BCUT2D eigenvalue weighted by Crippen LogP contribution is 2.37. The molecule has 1 rings (SSSR count). The lowest BCUT2D eigenvalue weighted by atomic mass is 10.2. The van der Waals surface area contributed by atoms with Crippen molar-refractivity contribution in [1.82, 2.24) is 0 Å². The summed E-state index contributed by atoms with van der Waals surface area (Å²) in [5.41, 5.74) is 0.322. The molecule has 82 valence electrons. The second-order valence-corrected chi connectivity index (χ2v) is 5.19. The van der Waals surface area contributed by atoms with Gasteiger partial charge in [-0.3, -0.25) is 0 Å². The highest BCUT2D eigenvalue weighted by atomic mass is 35.5. The Morgan fingerprint density at radius 2 is 2.13 bits per heavy atom. The van der Waals surface area contributed by atoms with Gasteiger partial charge in [-0.25, -0.2) is 4.79 Å². The SMILES string of the molecule is CCSc1c(Cl)ccc(C(=O)O)c1SC. The molecule has 0 heterocycles. The first kappa shape index (κ1) is 12.7. The first-order valence-corrected chi connectivity index (χ1v) is 6.93. The molecule has 0 saturated carbocycles. The van der Waals surface area contributed by atoms with Crippen LogP contribution in [0, 0.1) is 0 Å². The second kappa shape index (κ2) is 5.68. The molecule has 0 aliphatic heterocycles. The van der Waals surface area contributed by atoms with E-state index in [9.17, 15) is 4.79 Å². The molecule has 0 unspecified atom stereocenters. The number of benzene rings is 1. The van der Waals surface area contributed by atoms with E-state index in [2.05, 4.69) is 0 Å². The molecule has 0 radical (unpaired) electrons. The van der Waals surface area contributed by atoms with Gasteiger partial charge >= 0.3 is 5.97 Å². The monoisotopic (exact) mass is 262 g/mol. The Hall–Kier alpha value is -0.320. The number of carboxylic acid groups (broad SMARTS) is 1. The van der Waals surface area contributed by atoms with Crippen molar-refractivity contribution >= 4 is 41.1 Å². The minimum Gasteiger partial charge on any atom is -0.478 e. The predicted octanol–water partition coefficient (Wildman–Crippen LogP) is 3.87. The van der Waals surface area contributed by atoms with Crippen LogP contribution in [0.1, 0.15) is 17.3 Å². The van der Waals surface area contributed by atoms with Crippen LogP contribution in [0.3, 0.4) is 0 Å². The van der Waals surface area contributed by atoms with Crippen molar-refractivity contribution in [2.24, 2.45) is 0 Å². The molecule has 0 atom stereocenters. The fourth-order valence-electron chi connectivity index (χ4n) is 1.19. The lowest BCUT2D eigenvalue weighted by molar-refractivity contribution is 0.0692. The maximum Gasteiger partial charge on any atom is 0.336 e. The number of hydrogen-bond donors (Lipinski definition) is 1. The molecule has 1 aromatic rings. The molecule has 0 aliphatic rings. The van der Waals surface area contributed by atoms with Crippen LogP contribution in [0.15, 0.2) is 21.9 Å². The van der Waals surface area contributed by atoms with Crippen molar-refractivity contribution in [3.05, 3.63) is 22.7 Å². The summed E-state index contributed by atoms with van der Waals surface area (Å²) < 4.78 is 0. The van der Waals surface area contributed by atoms with Gasteiger partial charge < -0.3 is 5.11 Å². The molecule has 0 bridgehead atoms. The Bertz CT molecular complexity index is 380. The maximum absolute atomic E-state index is 11.0.